The zero-order chi connectivity index (χ0) is 14.9. The minimum Gasteiger partial charge on any atom is -0.497 e. The van der Waals surface area contributed by atoms with Gasteiger partial charge in [0.2, 0.25) is 0 Å². The molecule has 0 radical (unpaired) electrons. The second kappa shape index (κ2) is 5.90. The van der Waals surface area contributed by atoms with E-state index in [0.717, 1.165) is 24.8 Å². The summed E-state index contributed by atoms with van der Waals surface area (Å²) in [5.74, 6) is 1.79. The molecule has 0 aromatic heterocycles. The zero-order valence-electron chi connectivity index (χ0n) is 13.2. The molecule has 0 unspecified atom stereocenters. The molecule has 2 aromatic rings. The van der Waals surface area contributed by atoms with Gasteiger partial charge in [-0.25, -0.2) is 0 Å². The van der Waals surface area contributed by atoms with E-state index in [1.165, 1.54) is 42.3 Å². The Kier molecular flexibility index (Phi) is 3.77. The van der Waals surface area contributed by atoms with E-state index >= 15 is 0 Å². The van der Waals surface area contributed by atoms with Gasteiger partial charge in [-0.3, -0.25) is 4.90 Å². The molecular formula is C19H24N2O. The van der Waals surface area contributed by atoms with Crippen LogP contribution in [0.25, 0.3) is 10.8 Å². The smallest absolute Gasteiger partial charge is 0.119 e. The van der Waals surface area contributed by atoms with Gasteiger partial charge in [0.1, 0.15) is 5.75 Å². The van der Waals surface area contributed by atoms with E-state index in [1.54, 1.807) is 7.11 Å². The van der Waals surface area contributed by atoms with Gasteiger partial charge < -0.3 is 10.1 Å². The second-order valence-electron chi connectivity index (χ2n) is 6.54. The second-order valence-corrected chi connectivity index (χ2v) is 6.54. The van der Waals surface area contributed by atoms with Gasteiger partial charge in [0, 0.05) is 32.2 Å². The summed E-state index contributed by atoms with van der Waals surface area (Å²) in [6.07, 6.45) is 2.77. The Morgan fingerprint density at radius 3 is 2.50 bits per heavy atom. The molecule has 1 atom stereocenters. The maximum atomic E-state index is 5.33. The molecule has 1 aliphatic heterocycles. The van der Waals surface area contributed by atoms with Gasteiger partial charge in [-0.05, 0) is 53.3 Å². The molecule has 1 saturated carbocycles. The molecule has 4 rings (SSSR count). The number of ether oxygens (including phenoxy) is 1. The van der Waals surface area contributed by atoms with Crippen LogP contribution in [0, 0.1) is 5.92 Å². The van der Waals surface area contributed by atoms with Crippen molar-refractivity contribution in [3.63, 3.8) is 0 Å². The standard InChI is InChI=1S/C19H24N2O/c1-22-18-7-6-15-12-17(5-4-16(15)13-18)19(14-2-3-14)21-10-8-20-9-11-21/h4-7,12-14,19-20H,2-3,8-11H2,1H3/t19-/m0/s1. The third-order valence-corrected chi connectivity index (χ3v) is 5.03. The van der Waals surface area contributed by atoms with Gasteiger partial charge in [0.15, 0.2) is 0 Å². The molecule has 1 heterocycles. The van der Waals surface area contributed by atoms with Crippen LogP contribution in [-0.4, -0.2) is 38.2 Å². The van der Waals surface area contributed by atoms with Crippen LogP contribution >= 0.6 is 0 Å². The van der Waals surface area contributed by atoms with E-state index in [9.17, 15) is 0 Å². The molecule has 0 bridgehead atoms. The first kappa shape index (κ1) is 14.0. The third kappa shape index (κ3) is 2.71. The highest BCUT2D eigenvalue weighted by molar-refractivity contribution is 5.84. The van der Waals surface area contributed by atoms with Crippen molar-refractivity contribution < 1.29 is 4.74 Å². The third-order valence-electron chi connectivity index (χ3n) is 5.03. The number of benzene rings is 2. The number of nitrogens with zero attached hydrogens (tertiary/aromatic N) is 1. The zero-order valence-corrected chi connectivity index (χ0v) is 13.2. The summed E-state index contributed by atoms with van der Waals surface area (Å²) in [5.41, 5.74) is 1.49. The van der Waals surface area contributed by atoms with E-state index in [1.807, 2.05) is 0 Å². The summed E-state index contributed by atoms with van der Waals surface area (Å²) in [5, 5.41) is 6.05. The first-order valence-corrected chi connectivity index (χ1v) is 8.37. The fourth-order valence-electron chi connectivity index (χ4n) is 3.71. The Morgan fingerprint density at radius 2 is 1.77 bits per heavy atom. The van der Waals surface area contributed by atoms with Crippen LogP contribution in [0.4, 0.5) is 0 Å². The minimum atomic E-state index is 0.605. The fraction of sp³-hybridized carbons (Fsp3) is 0.474. The topological polar surface area (TPSA) is 24.5 Å². The maximum absolute atomic E-state index is 5.33. The van der Waals surface area contributed by atoms with Crippen molar-refractivity contribution in [1.82, 2.24) is 10.2 Å². The van der Waals surface area contributed by atoms with Crippen LogP contribution in [0.15, 0.2) is 36.4 Å². The first-order valence-electron chi connectivity index (χ1n) is 8.37. The molecule has 22 heavy (non-hydrogen) atoms. The predicted octanol–water partition coefficient (Wildman–Crippen LogP) is 3.20. The monoisotopic (exact) mass is 296 g/mol. The molecule has 2 fully saturated rings. The van der Waals surface area contributed by atoms with Crippen LogP contribution in [0.2, 0.25) is 0 Å². The summed E-state index contributed by atoms with van der Waals surface area (Å²) in [7, 11) is 1.73. The molecule has 0 spiro atoms. The number of hydrogen-bond acceptors (Lipinski definition) is 3. The normalized spacial score (nSPS) is 21.0. The Morgan fingerprint density at radius 1 is 1.05 bits per heavy atom. The number of methoxy groups -OCH3 is 1. The van der Waals surface area contributed by atoms with Crippen LogP contribution < -0.4 is 10.1 Å². The highest BCUT2D eigenvalue weighted by Crippen LogP contribution is 2.45. The van der Waals surface area contributed by atoms with Gasteiger partial charge in [0.05, 0.1) is 7.11 Å². The number of hydrogen-bond donors (Lipinski definition) is 1. The molecule has 0 amide bonds. The Bertz CT molecular complexity index is 660. The minimum absolute atomic E-state index is 0.605. The molecule has 116 valence electrons. The highest BCUT2D eigenvalue weighted by Gasteiger charge is 2.36. The van der Waals surface area contributed by atoms with Crippen LogP contribution in [0.1, 0.15) is 24.4 Å². The lowest BCUT2D eigenvalue weighted by Gasteiger charge is -2.35. The van der Waals surface area contributed by atoms with E-state index in [-0.39, 0.29) is 0 Å². The molecule has 3 heteroatoms. The predicted molar refractivity (Wildman–Crippen MR) is 90.4 cm³/mol. The SMILES string of the molecule is COc1ccc2cc([C@H](C3CC3)N3CCNCC3)ccc2c1. The first-order chi connectivity index (χ1) is 10.8. The van der Waals surface area contributed by atoms with E-state index < -0.39 is 0 Å². The van der Waals surface area contributed by atoms with Crippen molar-refractivity contribution in [2.75, 3.05) is 33.3 Å². The quantitative estimate of drug-likeness (QED) is 0.937. The highest BCUT2D eigenvalue weighted by atomic mass is 16.5. The summed E-state index contributed by atoms with van der Waals surface area (Å²) >= 11 is 0. The van der Waals surface area contributed by atoms with Crippen molar-refractivity contribution in [2.24, 2.45) is 5.92 Å². The van der Waals surface area contributed by atoms with Crippen LogP contribution in [0.5, 0.6) is 5.75 Å². The lowest BCUT2D eigenvalue weighted by molar-refractivity contribution is 0.156. The van der Waals surface area contributed by atoms with E-state index in [0.29, 0.717) is 6.04 Å². The van der Waals surface area contributed by atoms with E-state index in [2.05, 4.69) is 46.6 Å². The van der Waals surface area contributed by atoms with Gasteiger partial charge >= 0.3 is 0 Å². The van der Waals surface area contributed by atoms with Gasteiger partial charge in [-0.1, -0.05) is 18.2 Å². The largest absolute Gasteiger partial charge is 0.497 e. The van der Waals surface area contributed by atoms with E-state index in [4.69, 9.17) is 4.74 Å². The van der Waals surface area contributed by atoms with Crippen molar-refractivity contribution in [3.05, 3.63) is 42.0 Å². The Balaban J connectivity index is 1.68. The van der Waals surface area contributed by atoms with Crippen LogP contribution in [0.3, 0.4) is 0 Å². The summed E-state index contributed by atoms with van der Waals surface area (Å²) < 4.78 is 5.33. The Labute approximate surface area is 132 Å². The molecule has 2 aliphatic rings. The Hall–Kier alpha value is -1.58. The van der Waals surface area contributed by atoms with Gasteiger partial charge in [0.25, 0.3) is 0 Å². The lowest BCUT2D eigenvalue weighted by Crippen LogP contribution is -2.45. The van der Waals surface area contributed by atoms with Crippen LogP contribution in [-0.2, 0) is 0 Å². The number of nitrogens with one attached hydrogen (secondary N) is 1. The van der Waals surface area contributed by atoms with Crippen molar-refractivity contribution in [2.45, 2.75) is 18.9 Å². The van der Waals surface area contributed by atoms with Crippen molar-refractivity contribution in [3.8, 4) is 5.75 Å². The maximum Gasteiger partial charge on any atom is 0.119 e. The molecular weight excluding hydrogens is 272 g/mol. The number of piperazine rings is 1. The molecule has 1 aliphatic carbocycles. The number of fused-ring (bicyclic) bond motifs is 1. The molecule has 2 aromatic carbocycles. The molecule has 3 nitrogen and oxygen atoms in total. The summed E-state index contributed by atoms with van der Waals surface area (Å²) in [6, 6.07) is 13.9. The van der Waals surface area contributed by atoms with Crippen molar-refractivity contribution >= 4 is 10.8 Å². The fourth-order valence-corrected chi connectivity index (χ4v) is 3.71. The van der Waals surface area contributed by atoms with Gasteiger partial charge in [-0.2, -0.15) is 0 Å². The van der Waals surface area contributed by atoms with Crippen molar-refractivity contribution in [1.29, 1.82) is 0 Å². The van der Waals surface area contributed by atoms with Gasteiger partial charge in [-0.15, -0.1) is 0 Å². The summed E-state index contributed by atoms with van der Waals surface area (Å²) in [6.45, 7) is 4.58. The molecule has 1 N–H and O–H groups in total. The average molecular weight is 296 g/mol. The molecule has 1 saturated heterocycles. The number of rotatable bonds is 4. The average Bonchev–Trinajstić information content (AvgIpc) is 3.40. The lowest BCUT2D eigenvalue weighted by atomic mass is 9.96. The summed E-state index contributed by atoms with van der Waals surface area (Å²) in [4.78, 5) is 2.68.